The van der Waals surface area contributed by atoms with Crippen molar-refractivity contribution in [3.8, 4) is 10.8 Å². The summed E-state index contributed by atoms with van der Waals surface area (Å²) in [5.41, 5.74) is 0.345. The molecule has 0 bridgehead atoms. The minimum Gasteiger partial charge on any atom is -0.481 e. The highest BCUT2D eigenvalue weighted by Gasteiger charge is 2.27. The first-order valence-electron chi connectivity index (χ1n) is 7.40. The molecule has 0 radical (unpaired) electrons. The van der Waals surface area contributed by atoms with E-state index in [1.54, 1.807) is 23.8 Å². The van der Waals surface area contributed by atoms with E-state index in [0.717, 1.165) is 0 Å². The van der Waals surface area contributed by atoms with E-state index >= 15 is 0 Å². The van der Waals surface area contributed by atoms with Crippen LogP contribution in [-0.4, -0.2) is 38.0 Å². The van der Waals surface area contributed by atoms with Gasteiger partial charge in [-0.05, 0) is 31.7 Å². The third kappa shape index (κ3) is 3.70. The molecule has 7 nitrogen and oxygen atoms in total. The summed E-state index contributed by atoms with van der Waals surface area (Å²) in [5.74, 6) is -0.772. The number of carboxylic acids is 1. The van der Waals surface area contributed by atoms with E-state index in [0.29, 0.717) is 42.2 Å². The average molecular weight is 332 g/mol. The Kier molecular flexibility index (Phi) is 4.61. The second-order valence-corrected chi connectivity index (χ2v) is 6.33. The van der Waals surface area contributed by atoms with E-state index in [9.17, 15) is 9.59 Å². The lowest BCUT2D eigenvalue weighted by atomic mass is 9.86. The van der Waals surface area contributed by atoms with Crippen molar-refractivity contribution >= 4 is 23.2 Å². The number of rotatable bonds is 4. The number of aliphatic carboxylic acids is 1. The number of aromatic nitrogens is 3. The van der Waals surface area contributed by atoms with Crippen LogP contribution in [0.5, 0.6) is 0 Å². The quantitative estimate of drug-likeness (QED) is 0.887. The first-order valence-corrected chi connectivity index (χ1v) is 8.28. The second-order valence-electron chi connectivity index (χ2n) is 5.47. The molecule has 2 heterocycles. The van der Waals surface area contributed by atoms with Gasteiger partial charge < -0.3 is 10.4 Å². The average Bonchev–Trinajstić information content (AvgIpc) is 3.06. The van der Waals surface area contributed by atoms with Crippen molar-refractivity contribution in [1.29, 1.82) is 0 Å². The van der Waals surface area contributed by atoms with E-state index in [-0.39, 0.29) is 17.9 Å². The van der Waals surface area contributed by atoms with Crippen molar-refractivity contribution in [3.63, 3.8) is 0 Å². The number of carbonyl (C=O) groups is 2. The van der Waals surface area contributed by atoms with Gasteiger partial charge in [0.15, 0.2) is 10.8 Å². The predicted molar refractivity (Wildman–Crippen MR) is 84.0 cm³/mol. The van der Waals surface area contributed by atoms with Crippen LogP contribution in [0.15, 0.2) is 23.8 Å². The molecule has 1 amide bonds. The van der Waals surface area contributed by atoms with Gasteiger partial charge in [0, 0.05) is 23.8 Å². The maximum absolute atomic E-state index is 12.2. The van der Waals surface area contributed by atoms with E-state index in [2.05, 4.69) is 20.3 Å². The van der Waals surface area contributed by atoms with Gasteiger partial charge in [-0.2, -0.15) is 0 Å². The first-order chi connectivity index (χ1) is 11.1. The Bertz CT molecular complexity index is 696. The molecule has 0 aromatic carbocycles. The molecule has 0 saturated heterocycles. The second kappa shape index (κ2) is 6.82. The number of carboxylic acid groups (broad SMARTS) is 1. The minimum atomic E-state index is -0.748. The maximum Gasteiger partial charge on any atom is 0.306 e. The highest BCUT2D eigenvalue weighted by Crippen LogP contribution is 2.25. The van der Waals surface area contributed by atoms with Crippen LogP contribution in [-0.2, 0) is 4.79 Å². The van der Waals surface area contributed by atoms with E-state index in [4.69, 9.17) is 5.11 Å². The highest BCUT2D eigenvalue weighted by atomic mass is 32.1. The summed E-state index contributed by atoms with van der Waals surface area (Å²) in [7, 11) is 0. The minimum absolute atomic E-state index is 0.0104. The molecule has 2 aromatic heterocycles. The lowest BCUT2D eigenvalue weighted by Crippen LogP contribution is -2.38. The fourth-order valence-corrected chi connectivity index (χ4v) is 3.38. The Morgan fingerprint density at radius 3 is 2.52 bits per heavy atom. The largest absolute Gasteiger partial charge is 0.481 e. The summed E-state index contributed by atoms with van der Waals surface area (Å²) < 4.78 is 0. The van der Waals surface area contributed by atoms with Gasteiger partial charge in [-0.15, -0.1) is 11.3 Å². The number of hydrogen-bond acceptors (Lipinski definition) is 6. The standard InChI is InChI=1S/C15H16N4O3S/c20-13(18-10-4-2-9(3-5-10)15(21)22)11-8-23-14(19-11)12-16-6-1-7-17-12/h1,6-10H,2-5H2,(H,18,20)(H,21,22). The van der Waals surface area contributed by atoms with Crippen molar-refractivity contribution in [2.24, 2.45) is 5.92 Å². The zero-order chi connectivity index (χ0) is 16.2. The van der Waals surface area contributed by atoms with Gasteiger partial charge in [0.05, 0.1) is 5.92 Å². The van der Waals surface area contributed by atoms with Crippen LogP contribution in [0.4, 0.5) is 0 Å². The monoisotopic (exact) mass is 332 g/mol. The molecular formula is C15H16N4O3S. The third-order valence-corrected chi connectivity index (χ3v) is 4.74. The molecule has 0 spiro atoms. The molecule has 0 unspecified atom stereocenters. The Morgan fingerprint density at radius 1 is 1.17 bits per heavy atom. The number of amides is 1. The molecule has 1 aliphatic rings. The van der Waals surface area contributed by atoms with Crippen molar-refractivity contribution in [3.05, 3.63) is 29.5 Å². The van der Waals surface area contributed by atoms with Crippen LogP contribution >= 0.6 is 11.3 Å². The highest BCUT2D eigenvalue weighted by molar-refractivity contribution is 7.13. The normalized spacial score (nSPS) is 20.9. The Balaban J connectivity index is 1.59. The van der Waals surface area contributed by atoms with Crippen LogP contribution in [0, 0.1) is 5.92 Å². The lowest BCUT2D eigenvalue weighted by Gasteiger charge is -2.26. The molecule has 2 N–H and O–H groups in total. The van der Waals surface area contributed by atoms with Gasteiger partial charge in [-0.25, -0.2) is 15.0 Å². The number of nitrogens with one attached hydrogen (secondary N) is 1. The first kappa shape index (κ1) is 15.5. The van der Waals surface area contributed by atoms with Crippen LogP contribution in [0.25, 0.3) is 10.8 Å². The molecule has 8 heteroatoms. The summed E-state index contributed by atoms with van der Waals surface area (Å²) in [5, 5.41) is 14.2. The Labute approximate surface area is 136 Å². The molecule has 3 rings (SSSR count). The molecule has 1 aliphatic carbocycles. The number of carbonyl (C=O) groups excluding carboxylic acids is 1. The number of thiazole rings is 1. The summed E-state index contributed by atoms with van der Waals surface area (Å²) >= 11 is 1.32. The fraction of sp³-hybridized carbons (Fsp3) is 0.400. The van der Waals surface area contributed by atoms with Crippen LogP contribution in [0.2, 0.25) is 0 Å². The SMILES string of the molecule is O=C(NC1CCC(C(=O)O)CC1)c1csc(-c2ncccn2)n1. The molecule has 2 aromatic rings. The summed E-state index contributed by atoms with van der Waals surface area (Å²) in [6.07, 6.45) is 5.82. The van der Waals surface area contributed by atoms with Gasteiger partial charge in [0.2, 0.25) is 0 Å². The molecule has 1 fully saturated rings. The van der Waals surface area contributed by atoms with Crippen LogP contribution in [0.1, 0.15) is 36.2 Å². The van der Waals surface area contributed by atoms with Crippen LogP contribution < -0.4 is 5.32 Å². The van der Waals surface area contributed by atoms with Gasteiger partial charge >= 0.3 is 5.97 Å². The Hall–Kier alpha value is -2.35. The molecule has 23 heavy (non-hydrogen) atoms. The summed E-state index contributed by atoms with van der Waals surface area (Å²) in [4.78, 5) is 35.7. The van der Waals surface area contributed by atoms with E-state index < -0.39 is 5.97 Å². The zero-order valence-electron chi connectivity index (χ0n) is 12.3. The fourth-order valence-electron chi connectivity index (χ4n) is 2.63. The number of nitrogens with zero attached hydrogens (tertiary/aromatic N) is 3. The molecule has 1 saturated carbocycles. The smallest absolute Gasteiger partial charge is 0.306 e. The number of hydrogen-bond donors (Lipinski definition) is 2. The topological polar surface area (TPSA) is 105 Å². The van der Waals surface area contributed by atoms with Gasteiger partial charge in [-0.1, -0.05) is 0 Å². The zero-order valence-corrected chi connectivity index (χ0v) is 13.1. The van der Waals surface area contributed by atoms with Gasteiger partial charge in [0.25, 0.3) is 5.91 Å². The predicted octanol–water partition coefficient (Wildman–Crippen LogP) is 1.97. The maximum atomic E-state index is 12.2. The van der Waals surface area contributed by atoms with Crippen molar-refractivity contribution in [1.82, 2.24) is 20.3 Å². The molecule has 0 atom stereocenters. The summed E-state index contributed by atoms with van der Waals surface area (Å²) in [6.45, 7) is 0. The van der Waals surface area contributed by atoms with Crippen LogP contribution in [0.3, 0.4) is 0 Å². The van der Waals surface area contributed by atoms with E-state index in [1.165, 1.54) is 11.3 Å². The van der Waals surface area contributed by atoms with Crippen molar-refractivity contribution in [2.75, 3.05) is 0 Å². The molecular weight excluding hydrogens is 316 g/mol. The summed E-state index contributed by atoms with van der Waals surface area (Å²) in [6, 6.07) is 1.73. The lowest BCUT2D eigenvalue weighted by molar-refractivity contribution is -0.142. The molecule has 120 valence electrons. The molecule has 0 aliphatic heterocycles. The van der Waals surface area contributed by atoms with Crippen molar-refractivity contribution < 1.29 is 14.7 Å². The van der Waals surface area contributed by atoms with Crippen molar-refractivity contribution in [2.45, 2.75) is 31.7 Å². The van der Waals surface area contributed by atoms with Gasteiger partial charge in [0.1, 0.15) is 5.69 Å². The van der Waals surface area contributed by atoms with E-state index in [1.807, 2.05) is 0 Å². The Morgan fingerprint density at radius 2 is 1.87 bits per heavy atom. The van der Waals surface area contributed by atoms with Gasteiger partial charge in [-0.3, -0.25) is 9.59 Å². The third-order valence-electron chi connectivity index (χ3n) is 3.91.